The van der Waals surface area contributed by atoms with Gasteiger partial charge in [0.1, 0.15) is 0 Å². The second-order valence-electron chi connectivity index (χ2n) is 5.66. The largest absolute Gasteiger partial charge is 0.327 e. The Morgan fingerprint density at radius 1 is 1.29 bits per heavy atom. The summed E-state index contributed by atoms with van der Waals surface area (Å²) in [6.45, 7) is 6.17. The quantitative estimate of drug-likeness (QED) is 0.732. The Morgan fingerprint density at radius 3 is 2.64 bits per heavy atom. The van der Waals surface area contributed by atoms with Crippen molar-refractivity contribution in [3.05, 3.63) is 0 Å². The molecule has 0 aromatic rings. The molecule has 0 bridgehead atoms. The Kier molecular flexibility index (Phi) is 3.13. The van der Waals surface area contributed by atoms with E-state index in [0.29, 0.717) is 11.5 Å². The van der Waals surface area contributed by atoms with Crippen molar-refractivity contribution in [1.29, 1.82) is 0 Å². The van der Waals surface area contributed by atoms with Crippen LogP contribution in [0.15, 0.2) is 0 Å². The van der Waals surface area contributed by atoms with Crippen molar-refractivity contribution in [3.63, 3.8) is 0 Å². The highest BCUT2D eigenvalue weighted by Crippen LogP contribution is 2.38. The highest BCUT2D eigenvalue weighted by atomic mass is 15.1. The average Bonchev–Trinajstić information content (AvgIpc) is 2.51. The molecule has 1 atom stereocenters. The number of piperidine rings is 1. The van der Waals surface area contributed by atoms with Gasteiger partial charge in [-0.2, -0.15) is 0 Å². The van der Waals surface area contributed by atoms with Crippen molar-refractivity contribution in [2.75, 3.05) is 19.6 Å². The average molecular weight is 196 g/mol. The van der Waals surface area contributed by atoms with Crippen molar-refractivity contribution >= 4 is 0 Å². The highest BCUT2D eigenvalue weighted by Gasteiger charge is 2.31. The standard InChI is InChI=1S/C12H24N2/c1-12(6-2-3-7-12)10-14-8-4-5-11(13)9-14/h11H,2-10,13H2,1H3/t11-/m1/s1. The fraction of sp³-hybridized carbons (Fsp3) is 1.00. The molecule has 2 nitrogen and oxygen atoms in total. The molecule has 2 fully saturated rings. The Hall–Kier alpha value is -0.0800. The van der Waals surface area contributed by atoms with Crippen molar-refractivity contribution in [1.82, 2.24) is 4.90 Å². The van der Waals surface area contributed by atoms with Crippen LogP contribution in [0.25, 0.3) is 0 Å². The number of nitrogens with zero attached hydrogens (tertiary/aromatic N) is 1. The third-order valence-electron chi connectivity index (χ3n) is 3.96. The molecule has 1 aliphatic heterocycles. The second kappa shape index (κ2) is 4.19. The fourth-order valence-corrected chi connectivity index (χ4v) is 3.16. The van der Waals surface area contributed by atoms with Crippen molar-refractivity contribution in [3.8, 4) is 0 Å². The lowest BCUT2D eigenvalue weighted by Gasteiger charge is -2.36. The molecule has 14 heavy (non-hydrogen) atoms. The molecular formula is C12H24N2. The Morgan fingerprint density at radius 2 is 2.00 bits per heavy atom. The summed E-state index contributed by atoms with van der Waals surface area (Å²) in [5.41, 5.74) is 6.61. The zero-order valence-corrected chi connectivity index (χ0v) is 9.47. The van der Waals surface area contributed by atoms with E-state index < -0.39 is 0 Å². The molecule has 0 aromatic carbocycles. The molecule has 2 rings (SSSR count). The van der Waals surface area contributed by atoms with Crippen LogP contribution in [-0.4, -0.2) is 30.6 Å². The molecule has 0 radical (unpaired) electrons. The van der Waals surface area contributed by atoms with Crippen LogP contribution >= 0.6 is 0 Å². The van der Waals surface area contributed by atoms with E-state index in [1.54, 1.807) is 0 Å². The SMILES string of the molecule is CC1(CN2CCC[C@@H](N)C2)CCCC1. The van der Waals surface area contributed by atoms with Gasteiger partial charge < -0.3 is 10.6 Å². The van der Waals surface area contributed by atoms with Crippen LogP contribution in [0, 0.1) is 5.41 Å². The zero-order valence-electron chi connectivity index (χ0n) is 9.47. The first-order valence-corrected chi connectivity index (χ1v) is 6.16. The van der Waals surface area contributed by atoms with Crippen LogP contribution in [0.4, 0.5) is 0 Å². The summed E-state index contributed by atoms with van der Waals surface area (Å²) in [5.74, 6) is 0. The van der Waals surface area contributed by atoms with E-state index >= 15 is 0 Å². The van der Waals surface area contributed by atoms with Gasteiger partial charge in [0.25, 0.3) is 0 Å². The van der Waals surface area contributed by atoms with Crippen LogP contribution in [0.2, 0.25) is 0 Å². The molecule has 0 amide bonds. The van der Waals surface area contributed by atoms with Gasteiger partial charge in [0, 0.05) is 19.1 Å². The lowest BCUT2D eigenvalue weighted by molar-refractivity contribution is 0.134. The minimum atomic E-state index is 0.439. The van der Waals surface area contributed by atoms with E-state index in [2.05, 4.69) is 11.8 Å². The second-order valence-corrected chi connectivity index (χ2v) is 5.66. The zero-order chi connectivity index (χ0) is 10.0. The summed E-state index contributed by atoms with van der Waals surface area (Å²) in [5, 5.41) is 0. The van der Waals surface area contributed by atoms with E-state index in [1.165, 1.54) is 51.6 Å². The number of likely N-dealkylation sites (tertiary alicyclic amines) is 1. The molecule has 0 unspecified atom stereocenters. The number of rotatable bonds is 2. The molecule has 1 heterocycles. The molecule has 1 saturated carbocycles. The summed E-state index contributed by atoms with van der Waals surface area (Å²) >= 11 is 0. The van der Waals surface area contributed by atoms with Gasteiger partial charge in [-0.25, -0.2) is 0 Å². The Bertz CT molecular complexity index is 185. The minimum absolute atomic E-state index is 0.439. The van der Waals surface area contributed by atoms with Gasteiger partial charge in [0.05, 0.1) is 0 Å². The maximum absolute atomic E-state index is 6.00. The molecular weight excluding hydrogens is 172 g/mol. The molecule has 0 aromatic heterocycles. The van der Waals surface area contributed by atoms with Crippen LogP contribution in [0.5, 0.6) is 0 Å². The first-order chi connectivity index (χ1) is 6.68. The van der Waals surface area contributed by atoms with Crippen LogP contribution in [0.3, 0.4) is 0 Å². The summed E-state index contributed by atoms with van der Waals surface area (Å²) < 4.78 is 0. The highest BCUT2D eigenvalue weighted by molar-refractivity contribution is 4.86. The fourth-order valence-electron chi connectivity index (χ4n) is 3.16. The normalized spacial score (nSPS) is 33.4. The molecule has 2 N–H and O–H groups in total. The van der Waals surface area contributed by atoms with Gasteiger partial charge in [0.2, 0.25) is 0 Å². The maximum Gasteiger partial charge on any atom is 0.0168 e. The lowest BCUT2D eigenvalue weighted by atomic mass is 9.87. The monoisotopic (exact) mass is 196 g/mol. The van der Waals surface area contributed by atoms with Gasteiger partial charge >= 0.3 is 0 Å². The van der Waals surface area contributed by atoms with Gasteiger partial charge in [-0.3, -0.25) is 0 Å². The summed E-state index contributed by atoms with van der Waals surface area (Å²) in [6, 6.07) is 0.439. The van der Waals surface area contributed by atoms with Crippen molar-refractivity contribution < 1.29 is 0 Å². The first-order valence-electron chi connectivity index (χ1n) is 6.16. The van der Waals surface area contributed by atoms with Crippen LogP contribution in [0.1, 0.15) is 45.4 Å². The molecule has 2 heteroatoms. The third kappa shape index (κ3) is 2.48. The predicted octanol–water partition coefficient (Wildman–Crippen LogP) is 1.99. The summed E-state index contributed by atoms with van der Waals surface area (Å²) in [7, 11) is 0. The Balaban J connectivity index is 1.83. The third-order valence-corrected chi connectivity index (χ3v) is 3.96. The van der Waals surface area contributed by atoms with Crippen molar-refractivity contribution in [2.24, 2.45) is 11.1 Å². The van der Waals surface area contributed by atoms with E-state index in [1.807, 2.05) is 0 Å². The molecule has 1 aliphatic carbocycles. The molecule has 1 saturated heterocycles. The van der Waals surface area contributed by atoms with E-state index in [4.69, 9.17) is 5.73 Å². The Labute approximate surface area is 87.8 Å². The number of hydrogen-bond acceptors (Lipinski definition) is 2. The van der Waals surface area contributed by atoms with Gasteiger partial charge in [-0.1, -0.05) is 19.8 Å². The summed E-state index contributed by atoms with van der Waals surface area (Å²) in [6.07, 6.45) is 8.27. The molecule has 82 valence electrons. The van der Waals surface area contributed by atoms with E-state index in [0.717, 1.165) is 6.54 Å². The van der Waals surface area contributed by atoms with Gasteiger partial charge in [0.15, 0.2) is 0 Å². The number of nitrogens with two attached hydrogens (primary N) is 1. The van der Waals surface area contributed by atoms with E-state index in [-0.39, 0.29) is 0 Å². The molecule has 0 spiro atoms. The lowest BCUT2D eigenvalue weighted by Crippen LogP contribution is -2.46. The number of hydrogen-bond donors (Lipinski definition) is 1. The van der Waals surface area contributed by atoms with E-state index in [9.17, 15) is 0 Å². The van der Waals surface area contributed by atoms with Gasteiger partial charge in [-0.05, 0) is 37.6 Å². The predicted molar refractivity (Wildman–Crippen MR) is 60.2 cm³/mol. The smallest absolute Gasteiger partial charge is 0.0168 e. The van der Waals surface area contributed by atoms with Crippen molar-refractivity contribution in [2.45, 2.75) is 51.5 Å². The first kappa shape index (κ1) is 10.4. The molecule has 2 aliphatic rings. The maximum atomic E-state index is 6.00. The minimum Gasteiger partial charge on any atom is -0.327 e. The topological polar surface area (TPSA) is 29.3 Å². The summed E-state index contributed by atoms with van der Waals surface area (Å²) in [4.78, 5) is 2.60. The van der Waals surface area contributed by atoms with Crippen LogP contribution in [-0.2, 0) is 0 Å². The van der Waals surface area contributed by atoms with Gasteiger partial charge in [-0.15, -0.1) is 0 Å². The van der Waals surface area contributed by atoms with Crippen LogP contribution < -0.4 is 5.73 Å².